The summed E-state index contributed by atoms with van der Waals surface area (Å²) in [5, 5.41) is 3.14. The van der Waals surface area contributed by atoms with Gasteiger partial charge in [0, 0.05) is 45.2 Å². The Kier molecular flexibility index (Phi) is 9.60. The van der Waals surface area contributed by atoms with Crippen molar-refractivity contribution in [3.63, 3.8) is 0 Å². The summed E-state index contributed by atoms with van der Waals surface area (Å²) in [6.07, 6.45) is 5.68. The number of hydrogen-bond acceptors (Lipinski definition) is 6. The van der Waals surface area contributed by atoms with Crippen LogP contribution in [0.2, 0.25) is 0 Å². The molecule has 2 fully saturated rings. The van der Waals surface area contributed by atoms with Crippen LogP contribution in [0.3, 0.4) is 0 Å². The van der Waals surface area contributed by atoms with Crippen LogP contribution in [0.25, 0.3) is 0 Å². The fourth-order valence-corrected chi connectivity index (χ4v) is 7.10. The van der Waals surface area contributed by atoms with Crippen molar-refractivity contribution in [2.75, 3.05) is 54.4 Å². The molecule has 3 rings (SSSR count). The maximum absolute atomic E-state index is 13.2. The van der Waals surface area contributed by atoms with Crippen molar-refractivity contribution in [2.24, 2.45) is 5.92 Å². The molecule has 1 heterocycles. The van der Waals surface area contributed by atoms with Gasteiger partial charge in [0.25, 0.3) is 0 Å². The second-order valence-corrected chi connectivity index (χ2v) is 12.6. The summed E-state index contributed by atoms with van der Waals surface area (Å²) in [5.74, 6) is 1.26. The Hall–Kier alpha value is -1.68. The lowest BCUT2D eigenvalue weighted by Gasteiger charge is -2.32. The van der Waals surface area contributed by atoms with E-state index in [1.165, 1.54) is 24.3 Å². The molecule has 1 unspecified atom stereocenters. The fraction of sp³-hybridized carbons (Fsp3) is 0.731. The Morgan fingerprint density at radius 3 is 2.26 bits per heavy atom. The summed E-state index contributed by atoms with van der Waals surface area (Å²) in [4.78, 5) is 17.8. The maximum atomic E-state index is 13.2. The molecule has 8 nitrogen and oxygen atoms in total. The maximum Gasteiger partial charge on any atom is 0.243 e. The third-order valence-corrected chi connectivity index (χ3v) is 9.86. The number of aryl methyl sites for hydroxylation is 2. The van der Waals surface area contributed by atoms with E-state index in [4.69, 9.17) is 4.74 Å². The zero-order valence-corrected chi connectivity index (χ0v) is 23.2. The molecule has 0 aromatic heterocycles. The zero-order valence-electron chi connectivity index (χ0n) is 22.3. The van der Waals surface area contributed by atoms with Gasteiger partial charge in [0.2, 0.25) is 15.9 Å². The Labute approximate surface area is 212 Å². The van der Waals surface area contributed by atoms with Crippen LogP contribution in [0, 0.1) is 19.8 Å². The number of likely N-dealkylation sites (tertiary alicyclic amines) is 1. The number of nitrogens with one attached hydrogen (secondary N) is 1. The van der Waals surface area contributed by atoms with Gasteiger partial charge in [-0.05, 0) is 95.8 Å². The zero-order chi connectivity index (χ0) is 25.8. The SMILES string of the molecule is COc1cc(C)c(S(=O)(=O)N(C)CCC(=O)NC2CCC(CN3CCC(N(C)C)C3)CC2)c(C)c1. The monoisotopic (exact) mass is 508 g/mol. The molecule has 35 heavy (non-hydrogen) atoms. The molecular formula is C26H44N4O4S. The van der Waals surface area contributed by atoms with Gasteiger partial charge in [-0.3, -0.25) is 4.79 Å². The summed E-state index contributed by atoms with van der Waals surface area (Å²) in [6.45, 7) is 7.20. The van der Waals surface area contributed by atoms with E-state index in [1.54, 1.807) is 33.1 Å². The average molecular weight is 509 g/mol. The number of sulfonamides is 1. The van der Waals surface area contributed by atoms with Crippen LogP contribution in [-0.4, -0.2) is 94.9 Å². The predicted octanol–water partition coefficient (Wildman–Crippen LogP) is 2.63. The highest BCUT2D eigenvalue weighted by Gasteiger charge is 2.29. The van der Waals surface area contributed by atoms with Crippen molar-refractivity contribution in [1.82, 2.24) is 19.4 Å². The smallest absolute Gasteiger partial charge is 0.243 e. The van der Waals surface area contributed by atoms with Crippen molar-refractivity contribution in [1.29, 1.82) is 0 Å². The van der Waals surface area contributed by atoms with Crippen LogP contribution >= 0.6 is 0 Å². The number of rotatable bonds is 10. The molecule has 1 aromatic carbocycles. The minimum atomic E-state index is -3.69. The van der Waals surface area contributed by atoms with E-state index in [0.29, 0.717) is 28.8 Å². The number of likely N-dealkylation sites (N-methyl/N-ethyl adjacent to an activating group) is 1. The first kappa shape index (κ1) is 27.9. The normalized spacial score (nSPS) is 23.7. The number of methoxy groups -OCH3 is 1. The first-order valence-electron chi connectivity index (χ1n) is 12.8. The Bertz CT molecular complexity index is 951. The highest BCUT2D eigenvalue weighted by atomic mass is 32.2. The van der Waals surface area contributed by atoms with Crippen LogP contribution < -0.4 is 10.1 Å². The van der Waals surface area contributed by atoms with Gasteiger partial charge in [-0.1, -0.05) is 0 Å². The van der Waals surface area contributed by atoms with Crippen molar-refractivity contribution < 1.29 is 17.9 Å². The van der Waals surface area contributed by atoms with Gasteiger partial charge in [0.05, 0.1) is 12.0 Å². The lowest BCUT2D eigenvalue weighted by Crippen LogP contribution is -2.41. The van der Waals surface area contributed by atoms with E-state index in [1.807, 2.05) is 0 Å². The molecule has 1 amide bonds. The van der Waals surface area contributed by atoms with Gasteiger partial charge in [0.1, 0.15) is 5.75 Å². The largest absolute Gasteiger partial charge is 0.497 e. The fourth-order valence-electron chi connectivity index (χ4n) is 5.52. The van der Waals surface area contributed by atoms with Crippen LogP contribution in [0.4, 0.5) is 0 Å². The number of amides is 1. The van der Waals surface area contributed by atoms with Gasteiger partial charge < -0.3 is 19.9 Å². The van der Waals surface area contributed by atoms with Crippen molar-refractivity contribution in [3.8, 4) is 5.75 Å². The van der Waals surface area contributed by atoms with Crippen LogP contribution in [-0.2, 0) is 14.8 Å². The van der Waals surface area contributed by atoms with Crippen molar-refractivity contribution >= 4 is 15.9 Å². The summed E-state index contributed by atoms with van der Waals surface area (Å²) in [6, 6.07) is 4.31. The van der Waals surface area contributed by atoms with Gasteiger partial charge in [-0.15, -0.1) is 0 Å². The predicted molar refractivity (Wildman–Crippen MR) is 139 cm³/mol. The summed E-state index contributed by atoms with van der Waals surface area (Å²) < 4.78 is 32.8. The lowest BCUT2D eigenvalue weighted by atomic mass is 9.85. The number of carbonyl (C=O) groups excluding carboxylic acids is 1. The first-order valence-corrected chi connectivity index (χ1v) is 14.2. The molecule has 1 aliphatic carbocycles. The topological polar surface area (TPSA) is 82.2 Å². The third kappa shape index (κ3) is 7.18. The van der Waals surface area contributed by atoms with Gasteiger partial charge in [0.15, 0.2) is 0 Å². The van der Waals surface area contributed by atoms with Crippen molar-refractivity contribution in [3.05, 3.63) is 23.3 Å². The Balaban J connectivity index is 1.43. The first-order chi connectivity index (χ1) is 16.5. The second-order valence-electron chi connectivity index (χ2n) is 10.6. The third-order valence-electron chi connectivity index (χ3n) is 7.70. The Morgan fingerprint density at radius 2 is 1.71 bits per heavy atom. The minimum Gasteiger partial charge on any atom is -0.497 e. The number of benzene rings is 1. The quantitative estimate of drug-likeness (QED) is 0.523. The van der Waals surface area contributed by atoms with Crippen molar-refractivity contribution in [2.45, 2.75) is 69.4 Å². The molecule has 1 saturated heterocycles. The summed E-state index contributed by atoms with van der Waals surface area (Å²) >= 11 is 0. The van der Waals surface area contributed by atoms with E-state index in [9.17, 15) is 13.2 Å². The Morgan fingerprint density at radius 1 is 1.09 bits per heavy atom. The van der Waals surface area contributed by atoms with E-state index < -0.39 is 10.0 Å². The molecule has 0 radical (unpaired) electrons. The second kappa shape index (κ2) is 12.0. The number of ether oxygens (including phenoxy) is 1. The average Bonchev–Trinajstić information content (AvgIpc) is 3.27. The van der Waals surface area contributed by atoms with Crippen LogP contribution in [0.1, 0.15) is 49.7 Å². The number of carbonyl (C=O) groups is 1. The van der Waals surface area contributed by atoms with E-state index in [0.717, 1.165) is 38.8 Å². The lowest BCUT2D eigenvalue weighted by molar-refractivity contribution is -0.122. The molecule has 9 heteroatoms. The summed E-state index contributed by atoms with van der Waals surface area (Å²) in [7, 11) is 3.73. The molecule has 1 aliphatic heterocycles. The van der Waals surface area contributed by atoms with Crippen LogP contribution in [0.15, 0.2) is 17.0 Å². The molecular weight excluding hydrogens is 464 g/mol. The number of nitrogens with zero attached hydrogens (tertiary/aromatic N) is 3. The van der Waals surface area contributed by atoms with E-state index >= 15 is 0 Å². The molecule has 1 N–H and O–H groups in total. The molecule has 198 valence electrons. The molecule has 0 spiro atoms. The standard InChI is InChI=1S/C26H44N4O4S/c1-19-15-24(34-6)16-20(2)26(19)35(32,33)29(5)13-12-25(31)27-22-9-7-21(8-10-22)17-30-14-11-23(18-30)28(3)4/h15-16,21-23H,7-14,17-18H2,1-6H3,(H,27,31). The van der Waals surface area contributed by atoms with Gasteiger partial charge >= 0.3 is 0 Å². The minimum absolute atomic E-state index is 0.0768. The summed E-state index contributed by atoms with van der Waals surface area (Å²) in [5.41, 5.74) is 1.28. The molecule has 1 atom stereocenters. The van der Waals surface area contributed by atoms with Crippen LogP contribution in [0.5, 0.6) is 5.75 Å². The molecule has 0 bridgehead atoms. The molecule has 2 aliphatic rings. The van der Waals surface area contributed by atoms with Gasteiger partial charge in [-0.2, -0.15) is 0 Å². The highest BCUT2D eigenvalue weighted by Crippen LogP contribution is 2.29. The van der Waals surface area contributed by atoms with E-state index in [-0.39, 0.29) is 29.8 Å². The number of hydrogen-bond donors (Lipinski definition) is 1. The van der Waals surface area contributed by atoms with Gasteiger partial charge in [-0.25, -0.2) is 12.7 Å². The molecule has 1 aromatic rings. The molecule has 1 saturated carbocycles. The highest BCUT2D eigenvalue weighted by molar-refractivity contribution is 7.89. The van der Waals surface area contributed by atoms with E-state index in [2.05, 4.69) is 29.2 Å².